The molecule has 0 unspecified atom stereocenters. The van der Waals surface area contributed by atoms with E-state index >= 15 is 0 Å². The Hall–Kier alpha value is -0.560. The lowest BCUT2D eigenvalue weighted by molar-refractivity contribution is 0.556. The van der Waals surface area contributed by atoms with Crippen LogP contribution in [0.4, 0.5) is 3.89 Å². The molecule has 0 saturated carbocycles. The average Bonchev–Trinajstić information content (AvgIpc) is 1.59. The maximum Gasteiger partial charge on any atom is 0.313 e. The van der Waals surface area contributed by atoms with E-state index in [0.717, 1.165) is 0 Å². The van der Waals surface area contributed by atoms with Crippen molar-refractivity contribution in [2.45, 2.75) is 6.92 Å². The summed E-state index contributed by atoms with van der Waals surface area (Å²) in [6, 6.07) is 0. The molecule has 2 nitrogen and oxygen atoms in total. The fraction of sp³-hybridized carbons (Fsp3) is 0.500. The molecule has 0 aromatic carbocycles. The van der Waals surface area contributed by atoms with Crippen LogP contribution in [0.2, 0.25) is 0 Å². The van der Waals surface area contributed by atoms with Crippen LogP contribution in [0.25, 0.3) is 0 Å². The van der Waals surface area contributed by atoms with Gasteiger partial charge in [0.15, 0.2) is 0 Å². The molecule has 0 heterocycles. The predicted octanol–water partition coefficient (Wildman–Crippen LogP) is 0.309. The van der Waals surface area contributed by atoms with E-state index in [0.29, 0.717) is 0 Å². The molecule has 0 aliphatic carbocycles. The molecule has 0 N–H and O–H groups in total. The third kappa shape index (κ3) is 5.44. The predicted molar refractivity (Wildman–Crippen MR) is 28.3 cm³/mol. The fourth-order valence-electron chi connectivity index (χ4n) is 0.158. The molecule has 0 bridgehead atoms. The van der Waals surface area contributed by atoms with Gasteiger partial charge in [0.25, 0.3) is 0 Å². The molecule has 0 atom stereocenters. The van der Waals surface area contributed by atoms with Crippen LogP contribution in [0.3, 0.4) is 0 Å². The Labute approximate surface area is 47.9 Å². The molecule has 0 aliphatic rings. The molecule has 0 spiro atoms. The van der Waals surface area contributed by atoms with Crippen LogP contribution in [-0.2, 0) is 10.2 Å². The lowest BCUT2D eigenvalue weighted by atomic mass is 10.7. The Morgan fingerprint density at radius 1 is 1.62 bits per heavy atom. The van der Waals surface area contributed by atoms with Crippen LogP contribution in [-0.4, -0.2) is 14.2 Å². The van der Waals surface area contributed by atoms with Gasteiger partial charge < -0.3 is 0 Å². The number of hydrogen-bond donors (Lipinski definition) is 0. The van der Waals surface area contributed by atoms with E-state index in [2.05, 4.69) is 11.8 Å². The van der Waals surface area contributed by atoms with E-state index in [-0.39, 0.29) is 0 Å². The minimum Gasteiger partial charge on any atom is -0.194 e. The zero-order valence-corrected chi connectivity index (χ0v) is 5.13. The van der Waals surface area contributed by atoms with Gasteiger partial charge in [-0.15, -0.1) is 9.81 Å². The van der Waals surface area contributed by atoms with Crippen molar-refractivity contribution in [2.75, 3.05) is 5.75 Å². The smallest absolute Gasteiger partial charge is 0.194 e. The second-order valence-electron chi connectivity index (χ2n) is 1.11. The topological polar surface area (TPSA) is 34.1 Å². The first kappa shape index (κ1) is 7.44. The monoisotopic (exact) mass is 136 g/mol. The van der Waals surface area contributed by atoms with Crippen LogP contribution < -0.4 is 0 Å². The molecule has 8 heavy (non-hydrogen) atoms. The van der Waals surface area contributed by atoms with Gasteiger partial charge in [-0.25, -0.2) is 0 Å². The molecule has 4 heteroatoms. The largest absolute Gasteiger partial charge is 0.313 e. The van der Waals surface area contributed by atoms with E-state index in [4.69, 9.17) is 0 Å². The van der Waals surface area contributed by atoms with E-state index < -0.39 is 16.0 Å². The summed E-state index contributed by atoms with van der Waals surface area (Å²) in [4.78, 5) is 0. The van der Waals surface area contributed by atoms with Gasteiger partial charge in [-0.1, -0.05) is 5.92 Å². The van der Waals surface area contributed by atoms with E-state index in [1.807, 2.05) is 0 Å². The highest BCUT2D eigenvalue weighted by Crippen LogP contribution is 1.86. The highest BCUT2D eigenvalue weighted by atomic mass is 32.3. The quantitative estimate of drug-likeness (QED) is 0.384. The summed E-state index contributed by atoms with van der Waals surface area (Å²) in [7, 11) is -4.36. The Morgan fingerprint density at radius 2 is 2.12 bits per heavy atom. The van der Waals surface area contributed by atoms with Crippen LogP contribution in [0.15, 0.2) is 0 Å². The van der Waals surface area contributed by atoms with Crippen LogP contribution in [0.5, 0.6) is 0 Å². The van der Waals surface area contributed by atoms with Crippen molar-refractivity contribution in [1.82, 2.24) is 0 Å². The van der Waals surface area contributed by atoms with Gasteiger partial charge in [-0.2, -0.15) is 8.42 Å². The molecule has 0 fully saturated rings. The second-order valence-corrected chi connectivity index (χ2v) is 2.48. The van der Waals surface area contributed by atoms with E-state index in [9.17, 15) is 12.3 Å². The highest BCUT2D eigenvalue weighted by Gasteiger charge is 2.00. The average molecular weight is 136 g/mol. The molecule has 0 amide bonds. The van der Waals surface area contributed by atoms with Crippen molar-refractivity contribution in [3.05, 3.63) is 0 Å². The molecular formula is C4H5FO2S. The van der Waals surface area contributed by atoms with E-state index in [1.54, 1.807) is 0 Å². The van der Waals surface area contributed by atoms with Crippen molar-refractivity contribution in [3.8, 4) is 11.8 Å². The first-order chi connectivity index (χ1) is 3.56. The highest BCUT2D eigenvalue weighted by molar-refractivity contribution is 7.86. The first-order valence-electron chi connectivity index (χ1n) is 1.88. The zero-order chi connectivity index (χ0) is 6.62. The number of halogens is 1. The molecule has 46 valence electrons. The van der Waals surface area contributed by atoms with Gasteiger partial charge >= 0.3 is 10.2 Å². The van der Waals surface area contributed by atoms with Gasteiger partial charge in [-0.3, -0.25) is 0 Å². The van der Waals surface area contributed by atoms with Gasteiger partial charge in [0.05, 0.1) is 0 Å². The summed E-state index contributed by atoms with van der Waals surface area (Å²) in [5.74, 6) is 3.64. The molecular weight excluding hydrogens is 131 g/mol. The summed E-state index contributed by atoms with van der Waals surface area (Å²) >= 11 is 0. The molecule has 0 saturated heterocycles. The van der Waals surface area contributed by atoms with Crippen molar-refractivity contribution >= 4 is 10.2 Å². The van der Waals surface area contributed by atoms with Crippen molar-refractivity contribution in [1.29, 1.82) is 0 Å². The lowest BCUT2D eigenvalue weighted by Gasteiger charge is -1.77. The van der Waals surface area contributed by atoms with E-state index in [1.165, 1.54) is 6.92 Å². The summed E-state index contributed by atoms with van der Waals surface area (Å²) in [5, 5.41) is 0. The molecule has 0 aromatic heterocycles. The zero-order valence-electron chi connectivity index (χ0n) is 4.31. The SMILES string of the molecule is CC#CCS(=O)(=O)F. The van der Waals surface area contributed by atoms with Gasteiger partial charge in [0, 0.05) is 0 Å². The third-order valence-electron chi connectivity index (χ3n) is 0.421. The minimum absolute atomic E-state index is 0.691. The maximum atomic E-state index is 11.4. The Bertz CT molecular complexity index is 206. The van der Waals surface area contributed by atoms with Gasteiger partial charge in [0.2, 0.25) is 0 Å². The van der Waals surface area contributed by atoms with Gasteiger partial charge in [0.1, 0.15) is 5.75 Å². The minimum atomic E-state index is -4.36. The molecule has 0 aliphatic heterocycles. The number of rotatable bonds is 1. The first-order valence-corrected chi connectivity index (χ1v) is 3.43. The summed E-state index contributed by atoms with van der Waals surface area (Å²) in [6.45, 7) is 1.45. The Morgan fingerprint density at radius 3 is 2.25 bits per heavy atom. The standard InChI is InChI=1S/C4H5FO2S/c1-2-3-4-8(5,6)7/h4H2,1H3. The molecule has 0 radical (unpaired) electrons. The lowest BCUT2D eigenvalue weighted by Crippen LogP contribution is -1.93. The summed E-state index contributed by atoms with van der Waals surface area (Å²) in [6.07, 6.45) is 0. The number of hydrogen-bond acceptors (Lipinski definition) is 2. The Kier molecular flexibility index (Phi) is 2.49. The third-order valence-corrected chi connectivity index (χ3v) is 0.910. The van der Waals surface area contributed by atoms with Crippen molar-refractivity contribution < 1.29 is 12.3 Å². The maximum absolute atomic E-state index is 11.4. The van der Waals surface area contributed by atoms with Crippen LogP contribution >= 0.6 is 0 Å². The molecule has 0 rings (SSSR count). The fourth-order valence-corrected chi connectivity index (χ4v) is 0.475. The van der Waals surface area contributed by atoms with Crippen LogP contribution in [0, 0.1) is 11.8 Å². The summed E-state index contributed by atoms with van der Waals surface area (Å²) in [5.41, 5.74) is 0. The normalized spacial score (nSPS) is 9.75. The van der Waals surface area contributed by atoms with Crippen LogP contribution in [0.1, 0.15) is 6.92 Å². The van der Waals surface area contributed by atoms with Crippen molar-refractivity contribution in [3.63, 3.8) is 0 Å². The van der Waals surface area contributed by atoms with Gasteiger partial charge in [-0.05, 0) is 6.92 Å². The van der Waals surface area contributed by atoms with Crippen molar-refractivity contribution in [2.24, 2.45) is 0 Å². The Balaban J connectivity index is 3.89. The second kappa shape index (κ2) is 2.68. The molecule has 0 aromatic rings. The summed E-state index contributed by atoms with van der Waals surface area (Å²) < 4.78 is 30.7.